The van der Waals surface area contributed by atoms with Gasteiger partial charge in [-0.1, -0.05) is 0 Å². The van der Waals surface area contributed by atoms with Crippen LogP contribution in [-0.4, -0.2) is 39.0 Å². The van der Waals surface area contributed by atoms with Gasteiger partial charge in [-0.2, -0.15) is 0 Å². The largest absolute Gasteiger partial charge is 0.481 e. The zero-order chi connectivity index (χ0) is 19.4. The Hall–Kier alpha value is -2.74. The Kier molecular flexibility index (Phi) is 3.97. The van der Waals surface area contributed by atoms with E-state index in [9.17, 15) is 9.59 Å². The number of pyridine rings is 1. The first-order valence-corrected chi connectivity index (χ1v) is 10.3. The summed E-state index contributed by atoms with van der Waals surface area (Å²) in [5, 5.41) is 0.751. The van der Waals surface area contributed by atoms with E-state index >= 15 is 0 Å². The van der Waals surface area contributed by atoms with Crippen LogP contribution in [0.1, 0.15) is 45.4 Å². The average molecular weight is 396 g/mol. The quantitative estimate of drug-likeness (QED) is 0.677. The van der Waals surface area contributed by atoms with Gasteiger partial charge < -0.3 is 9.64 Å². The van der Waals surface area contributed by atoms with Crippen LogP contribution in [0.4, 0.5) is 0 Å². The van der Waals surface area contributed by atoms with E-state index in [2.05, 4.69) is 9.97 Å². The minimum atomic E-state index is -0.0338. The first kappa shape index (κ1) is 17.4. The van der Waals surface area contributed by atoms with Crippen LogP contribution >= 0.6 is 11.3 Å². The topological polar surface area (TPSA) is 77.3 Å². The fourth-order valence-electron chi connectivity index (χ4n) is 4.16. The Balaban J connectivity index is 1.59. The Labute approximate surface area is 165 Å². The van der Waals surface area contributed by atoms with Gasteiger partial charge in [0.25, 0.3) is 11.5 Å². The molecule has 3 aromatic rings. The molecule has 1 aliphatic carbocycles. The minimum absolute atomic E-state index is 0.0227. The molecule has 144 valence electrons. The van der Waals surface area contributed by atoms with Crippen LogP contribution in [0, 0.1) is 0 Å². The van der Waals surface area contributed by atoms with Gasteiger partial charge in [-0.25, -0.2) is 9.97 Å². The summed E-state index contributed by atoms with van der Waals surface area (Å²) in [6.45, 7) is 3.35. The van der Waals surface area contributed by atoms with Crippen molar-refractivity contribution < 1.29 is 9.53 Å². The van der Waals surface area contributed by atoms with Crippen molar-refractivity contribution in [2.45, 2.75) is 39.3 Å². The smallest absolute Gasteiger partial charge is 0.262 e. The van der Waals surface area contributed by atoms with Crippen molar-refractivity contribution in [3.8, 4) is 5.88 Å². The van der Waals surface area contributed by atoms with E-state index in [-0.39, 0.29) is 18.0 Å². The number of thiophene rings is 1. The summed E-state index contributed by atoms with van der Waals surface area (Å²) in [5.74, 6) is 0.428. The molecule has 0 aromatic carbocycles. The third-order valence-electron chi connectivity index (χ3n) is 5.61. The number of carbonyl (C=O) groups is 1. The summed E-state index contributed by atoms with van der Waals surface area (Å²) < 4.78 is 7.05. The SMILES string of the molecule is CCN1Cc2nc(OC)c(Cn3cnc4sc5c(c4c3=O)CCC5)cc2C1=O. The van der Waals surface area contributed by atoms with Crippen LogP contribution in [0.15, 0.2) is 17.2 Å². The number of aryl methyl sites for hydroxylation is 2. The summed E-state index contributed by atoms with van der Waals surface area (Å²) in [6, 6.07) is 1.81. The van der Waals surface area contributed by atoms with Gasteiger partial charge in [0.2, 0.25) is 5.88 Å². The molecular formula is C20H20N4O3S. The van der Waals surface area contributed by atoms with E-state index in [1.165, 1.54) is 10.4 Å². The molecule has 0 radical (unpaired) electrons. The molecule has 0 fully saturated rings. The monoisotopic (exact) mass is 396 g/mol. The fraction of sp³-hybridized carbons (Fsp3) is 0.400. The molecule has 3 aromatic heterocycles. The number of methoxy groups -OCH3 is 1. The number of hydrogen-bond donors (Lipinski definition) is 0. The molecule has 7 nitrogen and oxygen atoms in total. The fourth-order valence-corrected chi connectivity index (χ4v) is 5.38. The molecule has 0 spiro atoms. The Morgan fingerprint density at radius 2 is 2.14 bits per heavy atom. The zero-order valence-corrected chi connectivity index (χ0v) is 16.6. The summed E-state index contributed by atoms with van der Waals surface area (Å²) in [4.78, 5) is 38.6. The minimum Gasteiger partial charge on any atom is -0.481 e. The molecule has 0 atom stereocenters. The van der Waals surface area contributed by atoms with Gasteiger partial charge in [0.15, 0.2) is 0 Å². The molecule has 8 heteroatoms. The molecule has 0 bridgehead atoms. The summed E-state index contributed by atoms with van der Waals surface area (Å²) >= 11 is 1.63. The van der Waals surface area contributed by atoms with Crippen LogP contribution in [0.5, 0.6) is 5.88 Å². The Bertz CT molecular complexity index is 1180. The van der Waals surface area contributed by atoms with Crippen LogP contribution < -0.4 is 10.3 Å². The Morgan fingerprint density at radius 3 is 2.93 bits per heavy atom. The highest BCUT2D eigenvalue weighted by Crippen LogP contribution is 2.34. The molecule has 5 rings (SSSR count). The van der Waals surface area contributed by atoms with Gasteiger partial charge in [0.05, 0.1) is 43.2 Å². The molecule has 28 heavy (non-hydrogen) atoms. The lowest BCUT2D eigenvalue weighted by molar-refractivity contribution is 0.0786. The molecule has 0 N–H and O–H groups in total. The number of aromatic nitrogens is 3. The third-order valence-corrected chi connectivity index (χ3v) is 6.81. The van der Waals surface area contributed by atoms with Gasteiger partial charge in [-0.15, -0.1) is 11.3 Å². The molecular weight excluding hydrogens is 376 g/mol. The highest BCUT2D eigenvalue weighted by molar-refractivity contribution is 7.18. The van der Waals surface area contributed by atoms with Crippen molar-refractivity contribution >= 4 is 27.5 Å². The van der Waals surface area contributed by atoms with E-state index < -0.39 is 0 Å². The molecule has 1 aliphatic heterocycles. The number of ether oxygens (including phenoxy) is 1. The van der Waals surface area contributed by atoms with Gasteiger partial charge in [-0.05, 0) is 37.8 Å². The second-order valence-electron chi connectivity index (χ2n) is 7.19. The molecule has 1 amide bonds. The maximum Gasteiger partial charge on any atom is 0.262 e. The second kappa shape index (κ2) is 6.41. The number of rotatable bonds is 4. The predicted octanol–water partition coefficient (Wildman–Crippen LogP) is 2.37. The van der Waals surface area contributed by atoms with E-state index in [4.69, 9.17) is 4.74 Å². The highest BCUT2D eigenvalue weighted by Gasteiger charge is 2.29. The van der Waals surface area contributed by atoms with E-state index in [1.54, 1.807) is 34.2 Å². The third kappa shape index (κ3) is 2.47. The lowest BCUT2D eigenvalue weighted by Crippen LogP contribution is -2.23. The average Bonchev–Trinajstić information content (AvgIpc) is 3.36. The predicted molar refractivity (Wildman–Crippen MR) is 106 cm³/mol. The van der Waals surface area contributed by atoms with Crippen molar-refractivity contribution in [3.63, 3.8) is 0 Å². The molecule has 2 aliphatic rings. The van der Waals surface area contributed by atoms with Crippen molar-refractivity contribution in [1.29, 1.82) is 0 Å². The van der Waals surface area contributed by atoms with Crippen LogP contribution in [0.3, 0.4) is 0 Å². The second-order valence-corrected chi connectivity index (χ2v) is 8.27. The van der Waals surface area contributed by atoms with Gasteiger partial charge in [-0.3, -0.25) is 14.2 Å². The van der Waals surface area contributed by atoms with Crippen molar-refractivity contribution in [2.75, 3.05) is 13.7 Å². The Morgan fingerprint density at radius 1 is 1.29 bits per heavy atom. The van der Waals surface area contributed by atoms with E-state index in [0.717, 1.165) is 35.2 Å². The first-order valence-electron chi connectivity index (χ1n) is 9.46. The number of amides is 1. The maximum absolute atomic E-state index is 13.1. The maximum atomic E-state index is 13.1. The lowest BCUT2D eigenvalue weighted by Gasteiger charge is -2.11. The molecule has 0 saturated carbocycles. The highest BCUT2D eigenvalue weighted by atomic mass is 32.1. The summed E-state index contributed by atoms with van der Waals surface area (Å²) in [7, 11) is 1.56. The van der Waals surface area contributed by atoms with Gasteiger partial charge >= 0.3 is 0 Å². The molecule has 0 saturated heterocycles. The van der Waals surface area contributed by atoms with Crippen molar-refractivity contribution in [3.05, 3.63) is 50.0 Å². The number of hydrogen-bond acceptors (Lipinski definition) is 6. The summed E-state index contributed by atoms with van der Waals surface area (Å²) in [5.41, 5.74) is 3.16. The van der Waals surface area contributed by atoms with Crippen molar-refractivity contribution in [2.24, 2.45) is 0 Å². The molecule has 0 unspecified atom stereocenters. The molecule has 4 heterocycles. The van der Waals surface area contributed by atoms with Crippen LogP contribution in [-0.2, 0) is 25.9 Å². The van der Waals surface area contributed by atoms with E-state index in [1.807, 2.05) is 13.0 Å². The number of fused-ring (bicyclic) bond motifs is 4. The zero-order valence-electron chi connectivity index (χ0n) is 15.8. The lowest BCUT2D eigenvalue weighted by atomic mass is 10.1. The summed E-state index contributed by atoms with van der Waals surface area (Å²) in [6.07, 6.45) is 4.67. The van der Waals surface area contributed by atoms with E-state index in [0.29, 0.717) is 30.1 Å². The normalized spacial score (nSPS) is 15.4. The first-order chi connectivity index (χ1) is 13.6. The standard InChI is InChI=1S/C20H20N4O3S/c1-3-23-9-14-13(19(23)25)7-11(17(22-14)27-2)8-24-10-21-18-16(20(24)26)12-5-4-6-15(12)28-18/h7,10H,3-6,8-9H2,1-2H3. The van der Waals surface area contributed by atoms with Gasteiger partial charge in [0.1, 0.15) is 4.83 Å². The number of nitrogens with zero attached hydrogens (tertiary/aromatic N) is 4. The number of carbonyl (C=O) groups excluding carboxylic acids is 1. The van der Waals surface area contributed by atoms with Crippen LogP contribution in [0.25, 0.3) is 10.2 Å². The van der Waals surface area contributed by atoms with Gasteiger partial charge in [0, 0.05) is 17.0 Å². The van der Waals surface area contributed by atoms with Crippen molar-refractivity contribution in [1.82, 2.24) is 19.4 Å². The van der Waals surface area contributed by atoms with Crippen LogP contribution in [0.2, 0.25) is 0 Å².